The molecule has 7 atom stereocenters. The molecular formula is C29H40FNO5. The smallest absolute Gasteiger partial charge is 0.328 e. The number of methoxy groups -OCH3 is 1. The Morgan fingerprint density at radius 1 is 1.17 bits per heavy atom. The van der Waals surface area contributed by atoms with E-state index in [1.54, 1.807) is 13.0 Å². The zero-order valence-electron chi connectivity index (χ0n) is 22.0. The van der Waals surface area contributed by atoms with Crippen molar-refractivity contribution in [3.63, 3.8) is 0 Å². The molecule has 36 heavy (non-hydrogen) atoms. The molecule has 1 N–H and O–H groups in total. The summed E-state index contributed by atoms with van der Waals surface area (Å²) in [6.07, 6.45) is 7.10. The third-order valence-corrected chi connectivity index (χ3v) is 9.50. The van der Waals surface area contributed by atoms with Crippen LogP contribution in [0.15, 0.2) is 12.1 Å². The first-order valence-corrected chi connectivity index (χ1v) is 13.7. The molecule has 5 aliphatic rings. The Morgan fingerprint density at radius 2 is 1.92 bits per heavy atom. The quantitative estimate of drug-likeness (QED) is 0.560. The first-order valence-electron chi connectivity index (χ1n) is 13.7. The molecule has 4 saturated carbocycles. The number of ether oxygens (including phenoxy) is 2. The Bertz CT molecular complexity index is 1020. The normalized spacial score (nSPS) is 36.0. The minimum absolute atomic E-state index is 0.0316. The highest BCUT2D eigenvalue weighted by molar-refractivity contribution is 5.98. The number of likely N-dealkylation sites (tertiary alicyclic amines) is 1. The average Bonchev–Trinajstić information content (AvgIpc) is 3.66. The van der Waals surface area contributed by atoms with E-state index in [1.807, 2.05) is 0 Å². The van der Waals surface area contributed by atoms with E-state index in [1.165, 1.54) is 30.9 Å². The van der Waals surface area contributed by atoms with Crippen LogP contribution in [0.1, 0.15) is 87.6 Å². The van der Waals surface area contributed by atoms with Crippen molar-refractivity contribution in [2.75, 3.05) is 20.3 Å². The standard InChI is InChI=1S/C29H40FNO5/c1-16-9-20-7-8-29(12-16,13-17(20)2)15-36-25-11-23(30)22(10-21(25)19-5-6-19)27(33)31-14-24(32)18(3)26(31)28(34)35-4/h10-11,16-20,24,26,32H,5-9,12-15H2,1-4H3/t16?,17?,18-,20?,24-,26+,29?/m1/s1. The number of rotatable bonds is 6. The van der Waals surface area contributed by atoms with Crippen LogP contribution in [0.3, 0.4) is 0 Å². The van der Waals surface area contributed by atoms with E-state index in [4.69, 9.17) is 9.47 Å². The molecule has 0 aromatic heterocycles. The number of esters is 1. The predicted molar refractivity (Wildman–Crippen MR) is 133 cm³/mol. The number of aliphatic hydroxyl groups is 1. The lowest BCUT2D eigenvalue weighted by atomic mass is 9.67. The molecule has 1 saturated heterocycles. The van der Waals surface area contributed by atoms with Gasteiger partial charge in [-0.1, -0.05) is 20.8 Å². The number of amides is 1. The third kappa shape index (κ3) is 4.64. The van der Waals surface area contributed by atoms with Crippen LogP contribution in [0.25, 0.3) is 0 Å². The van der Waals surface area contributed by atoms with Gasteiger partial charge in [0.15, 0.2) is 0 Å². The minimum atomic E-state index is -0.939. The SMILES string of the molecule is COC(=O)[C@@H]1[C@H](C)[C@H](O)CN1C(=O)c1cc(C2CC2)c(OCC23CCC(CC(C)C2)C(C)C3)cc1F. The molecule has 4 aliphatic carbocycles. The Morgan fingerprint density at radius 3 is 2.58 bits per heavy atom. The van der Waals surface area contributed by atoms with Crippen LogP contribution < -0.4 is 4.74 Å². The molecule has 7 heteroatoms. The van der Waals surface area contributed by atoms with Gasteiger partial charge >= 0.3 is 5.97 Å². The molecule has 0 radical (unpaired) electrons. The maximum Gasteiger partial charge on any atom is 0.328 e. The number of aliphatic hydroxyl groups excluding tert-OH is 1. The highest BCUT2D eigenvalue weighted by Crippen LogP contribution is 2.53. The van der Waals surface area contributed by atoms with Gasteiger partial charge in [-0.2, -0.15) is 0 Å². The maximum atomic E-state index is 15.5. The van der Waals surface area contributed by atoms with Crippen LogP contribution in [-0.4, -0.2) is 54.3 Å². The molecule has 5 fully saturated rings. The largest absolute Gasteiger partial charge is 0.493 e. The van der Waals surface area contributed by atoms with E-state index in [0.29, 0.717) is 24.2 Å². The summed E-state index contributed by atoms with van der Waals surface area (Å²) in [5, 5.41) is 10.3. The molecule has 6 nitrogen and oxygen atoms in total. The van der Waals surface area contributed by atoms with Crippen molar-refractivity contribution in [3.05, 3.63) is 29.1 Å². The first-order chi connectivity index (χ1) is 17.1. The van der Waals surface area contributed by atoms with Gasteiger partial charge in [0.25, 0.3) is 5.91 Å². The van der Waals surface area contributed by atoms with Gasteiger partial charge in [0, 0.05) is 23.9 Å². The lowest BCUT2D eigenvalue weighted by Crippen LogP contribution is -2.43. The summed E-state index contributed by atoms with van der Waals surface area (Å²) < 4.78 is 26.7. The summed E-state index contributed by atoms with van der Waals surface area (Å²) >= 11 is 0. The maximum absolute atomic E-state index is 15.5. The molecule has 1 aliphatic heterocycles. The van der Waals surface area contributed by atoms with Crippen LogP contribution in [0, 0.1) is 34.9 Å². The number of carbonyl (C=O) groups excluding carboxylic acids is 2. The Hall–Kier alpha value is -2.15. The van der Waals surface area contributed by atoms with Crippen molar-refractivity contribution in [3.8, 4) is 5.75 Å². The second-order valence-electron chi connectivity index (χ2n) is 12.3. The topological polar surface area (TPSA) is 76.1 Å². The number of hydrogen-bond donors (Lipinski definition) is 1. The second kappa shape index (κ2) is 9.62. The number of nitrogens with zero attached hydrogens (tertiary/aromatic N) is 1. The van der Waals surface area contributed by atoms with E-state index >= 15 is 4.39 Å². The molecule has 2 bridgehead atoms. The molecule has 1 aromatic rings. The van der Waals surface area contributed by atoms with Gasteiger partial charge in [-0.05, 0) is 80.2 Å². The number of β-amino-alcohol motifs (C(OH)–C–C–N with tert-alkyl or cyclic N) is 1. The summed E-state index contributed by atoms with van der Waals surface area (Å²) in [5.41, 5.74) is 0.935. The number of carbonyl (C=O) groups is 2. The van der Waals surface area contributed by atoms with Crippen molar-refractivity contribution in [2.24, 2.45) is 29.1 Å². The van der Waals surface area contributed by atoms with Crippen molar-refractivity contribution >= 4 is 11.9 Å². The van der Waals surface area contributed by atoms with Crippen LogP contribution in [0.2, 0.25) is 0 Å². The van der Waals surface area contributed by atoms with E-state index in [-0.39, 0.29) is 23.4 Å². The minimum Gasteiger partial charge on any atom is -0.493 e. The highest BCUT2D eigenvalue weighted by atomic mass is 19.1. The van der Waals surface area contributed by atoms with Gasteiger partial charge in [0.2, 0.25) is 0 Å². The van der Waals surface area contributed by atoms with E-state index in [9.17, 15) is 14.7 Å². The van der Waals surface area contributed by atoms with Crippen LogP contribution in [0.4, 0.5) is 4.39 Å². The average molecular weight is 502 g/mol. The molecular weight excluding hydrogens is 461 g/mol. The number of hydrogen-bond acceptors (Lipinski definition) is 5. The summed E-state index contributed by atoms with van der Waals surface area (Å²) in [6, 6.07) is 2.06. The fourth-order valence-electron chi connectivity index (χ4n) is 7.40. The second-order valence-corrected chi connectivity index (χ2v) is 12.3. The highest BCUT2D eigenvalue weighted by Gasteiger charge is 2.47. The van der Waals surface area contributed by atoms with Gasteiger partial charge in [-0.25, -0.2) is 9.18 Å². The Balaban J connectivity index is 1.40. The predicted octanol–water partition coefficient (Wildman–Crippen LogP) is 4.93. The lowest BCUT2D eigenvalue weighted by Gasteiger charge is -2.40. The summed E-state index contributed by atoms with van der Waals surface area (Å²) in [7, 11) is 1.25. The fraction of sp³-hybridized carbons (Fsp3) is 0.724. The Labute approximate surface area is 213 Å². The Kier molecular flexibility index (Phi) is 6.81. The first kappa shape index (κ1) is 25.5. The van der Waals surface area contributed by atoms with Crippen molar-refractivity contribution in [1.82, 2.24) is 4.90 Å². The van der Waals surface area contributed by atoms with E-state index in [2.05, 4.69) is 13.8 Å². The van der Waals surface area contributed by atoms with Gasteiger partial charge in [0.1, 0.15) is 17.6 Å². The number of benzene rings is 1. The fourth-order valence-corrected chi connectivity index (χ4v) is 7.40. The zero-order chi connectivity index (χ0) is 25.8. The van der Waals surface area contributed by atoms with Crippen LogP contribution >= 0.6 is 0 Å². The van der Waals surface area contributed by atoms with Crippen molar-refractivity contribution in [1.29, 1.82) is 0 Å². The lowest BCUT2D eigenvalue weighted by molar-refractivity contribution is -0.146. The monoisotopic (exact) mass is 501 g/mol. The van der Waals surface area contributed by atoms with Crippen LogP contribution in [-0.2, 0) is 9.53 Å². The molecule has 1 amide bonds. The number of halogens is 1. The zero-order valence-corrected chi connectivity index (χ0v) is 22.0. The molecule has 198 valence electrons. The molecule has 4 unspecified atom stereocenters. The van der Waals surface area contributed by atoms with Gasteiger partial charge in [0.05, 0.1) is 25.4 Å². The summed E-state index contributed by atoms with van der Waals surface area (Å²) in [4.78, 5) is 27.1. The molecule has 6 rings (SSSR count). The summed E-state index contributed by atoms with van der Waals surface area (Å²) in [5.74, 6) is 0.632. The van der Waals surface area contributed by atoms with E-state index in [0.717, 1.165) is 43.6 Å². The van der Waals surface area contributed by atoms with Gasteiger partial charge in [-0.3, -0.25) is 4.79 Å². The molecule has 1 aromatic carbocycles. The summed E-state index contributed by atoms with van der Waals surface area (Å²) in [6.45, 7) is 6.96. The molecule has 1 heterocycles. The number of fused-ring (bicyclic) bond motifs is 4. The van der Waals surface area contributed by atoms with Gasteiger partial charge < -0.3 is 19.5 Å². The van der Waals surface area contributed by atoms with E-state index < -0.39 is 35.8 Å². The van der Waals surface area contributed by atoms with Crippen LogP contribution in [0.5, 0.6) is 5.75 Å². The van der Waals surface area contributed by atoms with Crippen molar-refractivity contribution in [2.45, 2.75) is 83.8 Å². The molecule has 0 spiro atoms. The van der Waals surface area contributed by atoms with Gasteiger partial charge in [-0.15, -0.1) is 0 Å². The van der Waals surface area contributed by atoms with Crippen molar-refractivity contribution < 1.29 is 28.6 Å². The third-order valence-electron chi connectivity index (χ3n) is 9.50.